The van der Waals surface area contributed by atoms with Crippen LogP contribution < -0.4 is 14.8 Å². The van der Waals surface area contributed by atoms with Crippen molar-refractivity contribution in [3.63, 3.8) is 0 Å². The lowest BCUT2D eigenvalue weighted by Crippen LogP contribution is -2.28. The van der Waals surface area contributed by atoms with E-state index in [2.05, 4.69) is 5.32 Å². The minimum atomic E-state index is -0.791. The van der Waals surface area contributed by atoms with Crippen LogP contribution in [0.4, 0.5) is 5.69 Å². The van der Waals surface area contributed by atoms with Gasteiger partial charge >= 0.3 is 5.97 Å². The van der Waals surface area contributed by atoms with Crippen LogP contribution >= 0.6 is 23.2 Å². The average Bonchev–Trinajstić information content (AvgIpc) is 2.72. The number of esters is 1. The Labute approximate surface area is 184 Å². The summed E-state index contributed by atoms with van der Waals surface area (Å²) in [6, 6.07) is 18.3. The highest BCUT2D eigenvalue weighted by Gasteiger charge is 2.18. The van der Waals surface area contributed by atoms with Gasteiger partial charge in [-0.25, -0.2) is 4.79 Å². The van der Waals surface area contributed by atoms with E-state index in [9.17, 15) is 9.59 Å². The first-order valence-corrected chi connectivity index (χ1v) is 9.89. The number of aryl methyl sites for hydroxylation is 1. The van der Waals surface area contributed by atoms with Crippen LogP contribution in [0.25, 0.3) is 0 Å². The van der Waals surface area contributed by atoms with Crippen molar-refractivity contribution >= 4 is 40.8 Å². The van der Waals surface area contributed by atoms with Crippen LogP contribution in [-0.4, -0.2) is 18.0 Å². The van der Waals surface area contributed by atoms with Gasteiger partial charge in [-0.15, -0.1) is 0 Å². The van der Waals surface area contributed by atoms with Crippen molar-refractivity contribution in [1.29, 1.82) is 0 Å². The molecule has 7 heteroatoms. The highest BCUT2D eigenvalue weighted by Crippen LogP contribution is 2.26. The first kappa shape index (κ1) is 21.7. The number of nitrogens with one attached hydrogen (secondary N) is 1. The second-order valence-electron chi connectivity index (χ2n) is 6.60. The van der Waals surface area contributed by atoms with E-state index in [4.69, 9.17) is 32.7 Å². The zero-order chi connectivity index (χ0) is 21.7. The Bertz CT molecular complexity index is 1050. The van der Waals surface area contributed by atoms with Crippen LogP contribution in [-0.2, 0) is 4.79 Å². The van der Waals surface area contributed by atoms with Gasteiger partial charge < -0.3 is 14.8 Å². The van der Waals surface area contributed by atoms with Gasteiger partial charge in [0.2, 0.25) is 0 Å². The van der Waals surface area contributed by atoms with Crippen molar-refractivity contribution in [2.45, 2.75) is 20.0 Å². The van der Waals surface area contributed by atoms with Gasteiger partial charge in [-0.2, -0.15) is 0 Å². The van der Waals surface area contributed by atoms with Crippen molar-refractivity contribution in [2.75, 3.05) is 5.32 Å². The highest BCUT2D eigenvalue weighted by molar-refractivity contribution is 6.35. The molecule has 0 saturated heterocycles. The third-order valence-corrected chi connectivity index (χ3v) is 4.74. The average molecular weight is 444 g/mol. The molecule has 1 N–H and O–H groups in total. The molecule has 0 aromatic heterocycles. The second-order valence-corrected chi connectivity index (χ2v) is 7.44. The molecule has 5 nitrogen and oxygen atoms in total. The lowest BCUT2D eigenvalue weighted by molar-refractivity contribution is -0.141. The number of ether oxygens (including phenoxy) is 2. The summed E-state index contributed by atoms with van der Waals surface area (Å²) in [7, 11) is 0. The summed E-state index contributed by atoms with van der Waals surface area (Å²) in [5.41, 5.74) is 1.88. The Hall–Kier alpha value is -3.02. The smallest absolute Gasteiger partial charge is 0.352 e. The van der Waals surface area contributed by atoms with E-state index < -0.39 is 12.1 Å². The van der Waals surface area contributed by atoms with E-state index in [1.54, 1.807) is 49.4 Å². The number of carbonyl (C=O) groups is 2. The van der Waals surface area contributed by atoms with Crippen molar-refractivity contribution in [3.8, 4) is 11.5 Å². The minimum absolute atomic E-state index is 0.302. The van der Waals surface area contributed by atoms with E-state index in [0.29, 0.717) is 32.8 Å². The third kappa shape index (κ3) is 5.75. The fraction of sp³-hybridized carbons (Fsp3) is 0.130. The van der Waals surface area contributed by atoms with Gasteiger partial charge in [-0.05, 0) is 68.4 Å². The molecule has 30 heavy (non-hydrogen) atoms. The number of benzene rings is 3. The SMILES string of the molecule is Cc1ccc(OC(C)C(=O)Oc2ccc(C(=O)Nc3cc(Cl)ccc3Cl)cc2)cc1. The molecule has 0 aliphatic heterocycles. The summed E-state index contributed by atoms with van der Waals surface area (Å²) in [5, 5.41) is 3.53. The molecular formula is C23H19Cl2NO4. The Morgan fingerprint density at radius 3 is 2.20 bits per heavy atom. The maximum absolute atomic E-state index is 12.4. The number of carbonyl (C=O) groups excluding carboxylic acids is 2. The van der Waals surface area contributed by atoms with Crippen LogP contribution in [0.1, 0.15) is 22.8 Å². The molecule has 0 aliphatic carbocycles. The molecule has 0 bridgehead atoms. The van der Waals surface area contributed by atoms with E-state index in [1.165, 1.54) is 12.1 Å². The number of rotatable bonds is 6. The molecular weight excluding hydrogens is 425 g/mol. The number of hydrogen-bond donors (Lipinski definition) is 1. The maximum atomic E-state index is 12.4. The van der Waals surface area contributed by atoms with Gasteiger partial charge in [-0.3, -0.25) is 4.79 Å². The molecule has 154 valence electrons. The van der Waals surface area contributed by atoms with Gasteiger partial charge in [0.15, 0.2) is 6.10 Å². The molecule has 0 radical (unpaired) electrons. The van der Waals surface area contributed by atoms with Gasteiger partial charge in [0.1, 0.15) is 11.5 Å². The van der Waals surface area contributed by atoms with Gasteiger partial charge in [0, 0.05) is 10.6 Å². The normalized spacial score (nSPS) is 11.5. The molecule has 0 spiro atoms. The van der Waals surface area contributed by atoms with E-state index in [-0.39, 0.29) is 5.91 Å². The standard InChI is InChI=1S/C23H19Cl2NO4/c1-14-3-8-18(9-4-14)29-15(2)23(28)30-19-10-5-16(6-11-19)22(27)26-21-13-17(24)7-12-20(21)25/h3-13,15H,1-2H3,(H,26,27). The number of amides is 1. The van der Waals surface area contributed by atoms with E-state index >= 15 is 0 Å². The van der Waals surface area contributed by atoms with Crippen molar-refractivity contribution in [2.24, 2.45) is 0 Å². The summed E-state index contributed by atoms with van der Waals surface area (Å²) in [6.07, 6.45) is -0.791. The van der Waals surface area contributed by atoms with Gasteiger partial charge in [0.25, 0.3) is 5.91 Å². The van der Waals surface area contributed by atoms with Crippen LogP contribution in [0.3, 0.4) is 0 Å². The summed E-state index contributed by atoms with van der Waals surface area (Å²) in [4.78, 5) is 24.7. The Morgan fingerprint density at radius 2 is 1.53 bits per heavy atom. The number of hydrogen-bond acceptors (Lipinski definition) is 4. The molecule has 1 unspecified atom stereocenters. The first-order valence-electron chi connectivity index (χ1n) is 9.13. The van der Waals surface area contributed by atoms with Gasteiger partial charge in [0.05, 0.1) is 10.7 Å². The quantitative estimate of drug-likeness (QED) is 0.378. The largest absolute Gasteiger partial charge is 0.479 e. The predicted molar refractivity (Wildman–Crippen MR) is 118 cm³/mol. The Balaban J connectivity index is 1.59. The van der Waals surface area contributed by atoms with Crippen molar-refractivity contribution in [3.05, 3.63) is 87.9 Å². The van der Waals surface area contributed by atoms with E-state index in [0.717, 1.165) is 5.56 Å². The van der Waals surface area contributed by atoms with Crippen LogP contribution in [0.2, 0.25) is 10.0 Å². The van der Waals surface area contributed by atoms with Gasteiger partial charge in [-0.1, -0.05) is 40.9 Å². The fourth-order valence-corrected chi connectivity index (χ4v) is 2.87. The molecule has 1 amide bonds. The molecule has 3 aromatic carbocycles. The van der Waals surface area contributed by atoms with Crippen LogP contribution in [0.5, 0.6) is 11.5 Å². The first-order chi connectivity index (χ1) is 14.3. The molecule has 3 rings (SSSR count). The Morgan fingerprint density at radius 1 is 0.900 bits per heavy atom. The van der Waals surface area contributed by atoms with Crippen molar-refractivity contribution < 1.29 is 19.1 Å². The monoisotopic (exact) mass is 443 g/mol. The molecule has 1 atom stereocenters. The van der Waals surface area contributed by atoms with E-state index in [1.807, 2.05) is 19.1 Å². The molecule has 0 heterocycles. The summed E-state index contributed by atoms with van der Waals surface area (Å²) >= 11 is 12.0. The molecule has 3 aromatic rings. The zero-order valence-electron chi connectivity index (χ0n) is 16.3. The summed E-state index contributed by atoms with van der Waals surface area (Å²) in [5.74, 6) is -0.0277. The highest BCUT2D eigenvalue weighted by atomic mass is 35.5. The minimum Gasteiger partial charge on any atom is -0.479 e. The second kappa shape index (κ2) is 9.65. The van der Waals surface area contributed by atoms with Crippen LogP contribution in [0.15, 0.2) is 66.7 Å². The number of anilines is 1. The summed E-state index contributed by atoms with van der Waals surface area (Å²) < 4.78 is 10.9. The molecule has 0 fully saturated rings. The fourth-order valence-electron chi connectivity index (χ4n) is 2.53. The lowest BCUT2D eigenvalue weighted by atomic mass is 10.2. The lowest BCUT2D eigenvalue weighted by Gasteiger charge is -2.14. The number of halogens is 2. The Kier molecular flexibility index (Phi) is 6.98. The predicted octanol–water partition coefficient (Wildman–Crippen LogP) is 5.93. The summed E-state index contributed by atoms with van der Waals surface area (Å²) in [6.45, 7) is 3.58. The topological polar surface area (TPSA) is 64.6 Å². The van der Waals surface area contributed by atoms with Crippen molar-refractivity contribution in [1.82, 2.24) is 0 Å². The maximum Gasteiger partial charge on any atom is 0.352 e. The van der Waals surface area contributed by atoms with Crippen LogP contribution in [0, 0.1) is 6.92 Å². The molecule has 0 aliphatic rings. The third-order valence-electron chi connectivity index (χ3n) is 4.18. The zero-order valence-corrected chi connectivity index (χ0v) is 17.8. The molecule has 0 saturated carbocycles.